The van der Waals surface area contributed by atoms with Gasteiger partial charge in [-0.1, -0.05) is 0 Å². The molecule has 2 N–H and O–H groups in total. The van der Waals surface area contributed by atoms with Gasteiger partial charge in [0.05, 0.1) is 5.56 Å². The molecule has 0 radical (unpaired) electrons. The van der Waals surface area contributed by atoms with Crippen molar-refractivity contribution < 1.29 is 27.5 Å². The van der Waals surface area contributed by atoms with Gasteiger partial charge in [0, 0.05) is 26.6 Å². The molecule has 26 heavy (non-hydrogen) atoms. The number of amides is 1. The molecule has 9 heteroatoms. The molecule has 1 aliphatic heterocycles. The maximum absolute atomic E-state index is 14.5. The zero-order chi connectivity index (χ0) is 19.5. The van der Waals surface area contributed by atoms with Crippen molar-refractivity contribution in [3.8, 4) is 0 Å². The van der Waals surface area contributed by atoms with Crippen molar-refractivity contribution in [1.82, 2.24) is 9.62 Å². The lowest BCUT2D eigenvalue weighted by molar-refractivity contribution is -0.119. The minimum atomic E-state index is -4.14. The molecule has 1 saturated heterocycles. The number of carboxylic acids is 1. The van der Waals surface area contributed by atoms with Crippen LogP contribution in [0.3, 0.4) is 0 Å². The van der Waals surface area contributed by atoms with Gasteiger partial charge in [0.2, 0.25) is 15.9 Å². The van der Waals surface area contributed by atoms with E-state index in [1.807, 2.05) is 0 Å². The number of nitrogens with one attached hydrogen (secondary N) is 1. The average Bonchev–Trinajstić information content (AvgIpc) is 2.56. The highest BCUT2D eigenvalue weighted by molar-refractivity contribution is 7.89. The van der Waals surface area contributed by atoms with Crippen LogP contribution in [0.15, 0.2) is 17.0 Å². The Morgan fingerprint density at radius 1 is 1.38 bits per heavy atom. The lowest BCUT2D eigenvalue weighted by atomic mass is 9.96. The third-order valence-electron chi connectivity index (χ3n) is 4.44. The van der Waals surface area contributed by atoms with Gasteiger partial charge in [0.15, 0.2) is 5.82 Å². The molecule has 0 spiro atoms. The van der Waals surface area contributed by atoms with E-state index in [0.717, 1.165) is 18.6 Å². The van der Waals surface area contributed by atoms with Gasteiger partial charge in [-0.3, -0.25) is 4.79 Å². The van der Waals surface area contributed by atoms with E-state index in [9.17, 15) is 22.4 Å². The molecular weight excluding hydrogens is 363 g/mol. The highest BCUT2D eigenvalue weighted by atomic mass is 32.2. The second kappa shape index (κ2) is 8.13. The van der Waals surface area contributed by atoms with Crippen LogP contribution in [0.5, 0.6) is 0 Å². The Labute approximate surface area is 152 Å². The van der Waals surface area contributed by atoms with Crippen molar-refractivity contribution in [2.24, 2.45) is 5.92 Å². The second-order valence-electron chi connectivity index (χ2n) is 6.57. The molecule has 0 aromatic heterocycles. The number of carbonyl (C=O) groups is 2. The van der Waals surface area contributed by atoms with Crippen LogP contribution in [0, 0.1) is 18.7 Å². The normalized spacial score (nSPS) is 18.5. The summed E-state index contributed by atoms with van der Waals surface area (Å²) in [4.78, 5) is 21.5. The number of halogens is 1. The minimum absolute atomic E-state index is 0.0530. The Hall–Kier alpha value is -2.00. The van der Waals surface area contributed by atoms with Crippen LogP contribution in [-0.2, 0) is 14.8 Å². The topological polar surface area (TPSA) is 104 Å². The van der Waals surface area contributed by atoms with Gasteiger partial charge in [-0.05, 0) is 49.8 Å². The number of nitrogens with zero attached hydrogens (tertiary/aromatic N) is 1. The average molecular weight is 386 g/mol. The van der Waals surface area contributed by atoms with Gasteiger partial charge in [0.25, 0.3) is 0 Å². The van der Waals surface area contributed by atoms with Crippen molar-refractivity contribution in [3.63, 3.8) is 0 Å². The van der Waals surface area contributed by atoms with E-state index in [1.54, 1.807) is 0 Å². The highest BCUT2D eigenvalue weighted by Gasteiger charge is 2.33. The first kappa shape index (κ1) is 20.3. The van der Waals surface area contributed by atoms with Crippen LogP contribution in [0.2, 0.25) is 0 Å². The fraction of sp³-hybridized carbons (Fsp3) is 0.529. The molecule has 0 saturated carbocycles. The molecular formula is C17H23FN2O5S. The second-order valence-corrected chi connectivity index (χ2v) is 8.48. The Morgan fingerprint density at radius 3 is 2.69 bits per heavy atom. The largest absolute Gasteiger partial charge is 0.478 e. The molecule has 1 atom stereocenters. The summed E-state index contributed by atoms with van der Waals surface area (Å²) in [7, 11) is -4.14. The number of hydrogen-bond acceptors (Lipinski definition) is 4. The first-order chi connectivity index (χ1) is 12.1. The number of hydrogen-bond donors (Lipinski definition) is 2. The van der Waals surface area contributed by atoms with Crippen molar-refractivity contribution in [1.29, 1.82) is 0 Å². The minimum Gasteiger partial charge on any atom is -0.478 e. The van der Waals surface area contributed by atoms with Gasteiger partial charge in [-0.2, -0.15) is 4.31 Å². The Bertz CT molecular complexity index is 810. The number of aromatic carboxylic acids is 1. The predicted molar refractivity (Wildman–Crippen MR) is 92.9 cm³/mol. The summed E-state index contributed by atoms with van der Waals surface area (Å²) in [5.74, 6) is -2.83. The maximum atomic E-state index is 14.5. The molecule has 1 aliphatic rings. The molecule has 2 rings (SSSR count). The quantitative estimate of drug-likeness (QED) is 0.775. The first-order valence-electron chi connectivity index (χ1n) is 8.41. The molecule has 0 bridgehead atoms. The Kier molecular flexibility index (Phi) is 6.35. The van der Waals surface area contributed by atoms with Crippen molar-refractivity contribution in [2.75, 3.05) is 19.6 Å². The predicted octanol–water partition coefficient (Wildman–Crippen LogP) is 1.76. The van der Waals surface area contributed by atoms with Gasteiger partial charge < -0.3 is 10.4 Å². The highest BCUT2D eigenvalue weighted by Crippen LogP contribution is 2.28. The Morgan fingerprint density at radius 2 is 2.08 bits per heavy atom. The fourth-order valence-corrected chi connectivity index (χ4v) is 4.88. The number of sulfonamides is 1. The van der Waals surface area contributed by atoms with Crippen LogP contribution in [0.4, 0.5) is 4.39 Å². The molecule has 1 heterocycles. The number of piperidine rings is 1. The van der Waals surface area contributed by atoms with E-state index >= 15 is 0 Å². The summed E-state index contributed by atoms with van der Waals surface area (Å²) < 4.78 is 41.5. The van der Waals surface area contributed by atoms with Crippen molar-refractivity contribution in [2.45, 2.75) is 38.0 Å². The maximum Gasteiger partial charge on any atom is 0.338 e. The van der Waals surface area contributed by atoms with E-state index in [1.165, 1.54) is 18.2 Å². The number of carbonyl (C=O) groups excluding carboxylic acids is 1. The SMILES string of the molecule is CC(=O)NCCC1CCCN(S(=O)(=O)c2cc(C)cc(C(=O)O)c2F)C1. The van der Waals surface area contributed by atoms with E-state index in [0.29, 0.717) is 24.9 Å². The van der Waals surface area contributed by atoms with Crippen LogP contribution in [0.25, 0.3) is 0 Å². The van der Waals surface area contributed by atoms with E-state index in [4.69, 9.17) is 5.11 Å². The summed E-state index contributed by atoms with van der Waals surface area (Å²) in [5.41, 5.74) is -0.288. The van der Waals surface area contributed by atoms with E-state index < -0.39 is 32.3 Å². The lowest BCUT2D eigenvalue weighted by Crippen LogP contribution is -2.41. The van der Waals surface area contributed by atoms with Gasteiger partial charge in [0.1, 0.15) is 4.90 Å². The summed E-state index contributed by atoms with van der Waals surface area (Å²) in [6.45, 7) is 3.87. The fourth-order valence-electron chi connectivity index (χ4n) is 3.15. The molecule has 1 amide bonds. The summed E-state index contributed by atoms with van der Waals surface area (Å²) >= 11 is 0. The molecule has 7 nitrogen and oxygen atoms in total. The standard InChI is InChI=1S/C17H23FN2O5S/c1-11-8-14(17(22)23)16(18)15(9-11)26(24,25)20-7-3-4-13(10-20)5-6-19-12(2)21/h8-9,13H,3-7,10H2,1-2H3,(H,19,21)(H,22,23). The number of aryl methyl sites for hydroxylation is 1. The van der Waals surface area contributed by atoms with Gasteiger partial charge in [-0.15, -0.1) is 0 Å². The van der Waals surface area contributed by atoms with Crippen LogP contribution in [0.1, 0.15) is 42.1 Å². The number of benzene rings is 1. The third-order valence-corrected chi connectivity index (χ3v) is 6.30. The summed E-state index contributed by atoms with van der Waals surface area (Å²) in [5, 5.41) is 11.8. The van der Waals surface area contributed by atoms with Gasteiger partial charge >= 0.3 is 5.97 Å². The molecule has 1 aromatic rings. The van der Waals surface area contributed by atoms with Crippen LogP contribution < -0.4 is 5.32 Å². The zero-order valence-electron chi connectivity index (χ0n) is 14.8. The van der Waals surface area contributed by atoms with Gasteiger partial charge in [-0.25, -0.2) is 17.6 Å². The van der Waals surface area contributed by atoms with E-state index in [2.05, 4.69) is 5.32 Å². The molecule has 0 aliphatic carbocycles. The van der Waals surface area contributed by atoms with Crippen molar-refractivity contribution in [3.05, 3.63) is 29.1 Å². The summed E-state index contributed by atoms with van der Waals surface area (Å²) in [6.07, 6.45) is 2.08. The molecule has 1 fully saturated rings. The van der Waals surface area contributed by atoms with Crippen LogP contribution >= 0.6 is 0 Å². The third kappa shape index (κ3) is 4.59. The lowest BCUT2D eigenvalue weighted by Gasteiger charge is -2.32. The Balaban J connectivity index is 2.24. The number of rotatable bonds is 6. The van der Waals surface area contributed by atoms with Crippen molar-refractivity contribution >= 4 is 21.9 Å². The number of carboxylic acid groups (broad SMARTS) is 1. The molecule has 1 unspecified atom stereocenters. The van der Waals surface area contributed by atoms with Crippen LogP contribution in [-0.4, -0.2) is 49.3 Å². The molecule has 144 valence electrons. The monoisotopic (exact) mass is 386 g/mol. The first-order valence-corrected chi connectivity index (χ1v) is 9.85. The van der Waals surface area contributed by atoms with E-state index in [-0.39, 0.29) is 24.9 Å². The summed E-state index contributed by atoms with van der Waals surface area (Å²) in [6, 6.07) is 2.28. The zero-order valence-corrected chi connectivity index (χ0v) is 15.6. The smallest absolute Gasteiger partial charge is 0.338 e. The molecule has 1 aromatic carbocycles.